The quantitative estimate of drug-likeness (QED) is 0.207. The molecule has 1 aromatic heterocycles. The molecule has 1 atom stereocenters. The highest BCUT2D eigenvalue weighted by atomic mass is 32.1. The Bertz CT molecular complexity index is 1930. The van der Waals surface area contributed by atoms with E-state index in [0.717, 1.165) is 43.2 Å². The lowest BCUT2D eigenvalue weighted by Crippen LogP contribution is -2.27. The number of halogens is 1. The maximum atomic E-state index is 14.1. The second-order valence-electron chi connectivity index (χ2n) is 10.0. The van der Waals surface area contributed by atoms with Crippen LogP contribution >= 0.6 is 11.5 Å². The van der Waals surface area contributed by atoms with Gasteiger partial charge in [0, 0.05) is 11.8 Å². The largest absolute Gasteiger partial charge is 0.478 e. The molecule has 0 aliphatic rings. The van der Waals surface area contributed by atoms with Crippen LogP contribution in [0.4, 0.5) is 4.39 Å². The highest BCUT2D eigenvalue weighted by molar-refractivity contribution is 7.13. The summed E-state index contributed by atoms with van der Waals surface area (Å²) in [5, 5.41) is 15.3. The molecule has 0 saturated carbocycles. The second kappa shape index (κ2) is 10.9. The number of carbonyl (C=O) groups excluding carboxylic acids is 1. The Hall–Kier alpha value is -4.88. The molecule has 0 radical (unpaired) electrons. The van der Waals surface area contributed by atoms with Gasteiger partial charge in [-0.2, -0.15) is 4.37 Å². The molecular formula is C34H25FN2O3S. The van der Waals surface area contributed by atoms with E-state index in [4.69, 9.17) is 4.37 Å². The van der Waals surface area contributed by atoms with E-state index in [0.29, 0.717) is 17.5 Å². The van der Waals surface area contributed by atoms with Crippen molar-refractivity contribution in [2.45, 2.75) is 19.4 Å². The molecule has 0 unspecified atom stereocenters. The Balaban J connectivity index is 1.40. The number of carboxylic acids is 1. The van der Waals surface area contributed by atoms with E-state index in [2.05, 4.69) is 35.6 Å². The molecule has 41 heavy (non-hydrogen) atoms. The summed E-state index contributed by atoms with van der Waals surface area (Å²) in [5.41, 5.74) is 4.70. The van der Waals surface area contributed by atoms with E-state index in [1.165, 1.54) is 35.8 Å². The van der Waals surface area contributed by atoms with Gasteiger partial charge in [0.1, 0.15) is 5.82 Å². The lowest BCUT2D eigenvalue weighted by Gasteiger charge is -2.16. The predicted molar refractivity (Wildman–Crippen MR) is 161 cm³/mol. The van der Waals surface area contributed by atoms with Gasteiger partial charge >= 0.3 is 5.97 Å². The van der Waals surface area contributed by atoms with Gasteiger partial charge in [0.25, 0.3) is 5.91 Å². The van der Waals surface area contributed by atoms with Gasteiger partial charge < -0.3 is 10.4 Å². The summed E-state index contributed by atoms with van der Waals surface area (Å²) < 4.78 is 19.7. The SMILES string of the molecule is C[C@H](NC(=O)c1cc(-c2cccc(F)c2)cc2snc(Cc3ccc4ccccc4c3)c12)c1ccc(C(=O)O)cc1. The number of nitrogens with one attached hydrogen (secondary N) is 1. The van der Waals surface area contributed by atoms with Gasteiger partial charge in [-0.15, -0.1) is 0 Å². The van der Waals surface area contributed by atoms with Gasteiger partial charge in [0.15, 0.2) is 0 Å². The molecule has 1 heterocycles. The maximum absolute atomic E-state index is 14.1. The molecular weight excluding hydrogens is 535 g/mol. The molecule has 2 N–H and O–H groups in total. The predicted octanol–water partition coefficient (Wildman–Crippen LogP) is 8.04. The van der Waals surface area contributed by atoms with Crippen LogP contribution < -0.4 is 5.32 Å². The van der Waals surface area contributed by atoms with Crippen molar-refractivity contribution in [3.8, 4) is 11.1 Å². The summed E-state index contributed by atoms with van der Waals surface area (Å²) in [4.78, 5) is 25.1. The van der Waals surface area contributed by atoms with E-state index in [1.807, 2.05) is 31.2 Å². The first-order chi connectivity index (χ1) is 19.9. The topological polar surface area (TPSA) is 79.3 Å². The molecule has 0 spiro atoms. The number of aromatic carboxylic acids is 1. The summed E-state index contributed by atoms with van der Waals surface area (Å²) in [7, 11) is 0. The molecule has 5 aromatic carbocycles. The third kappa shape index (κ3) is 5.44. The van der Waals surface area contributed by atoms with Crippen LogP contribution in [0.2, 0.25) is 0 Å². The minimum Gasteiger partial charge on any atom is -0.478 e. The summed E-state index contributed by atoms with van der Waals surface area (Å²) in [5.74, 6) is -1.65. The van der Waals surface area contributed by atoms with Gasteiger partial charge in [0.2, 0.25) is 0 Å². The van der Waals surface area contributed by atoms with Crippen LogP contribution in [-0.4, -0.2) is 21.4 Å². The van der Waals surface area contributed by atoms with Crippen molar-refractivity contribution in [1.82, 2.24) is 9.69 Å². The summed E-state index contributed by atoms with van der Waals surface area (Å²) in [6, 6.07) is 30.6. The Morgan fingerprint density at radius 3 is 2.41 bits per heavy atom. The summed E-state index contributed by atoms with van der Waals surface area (Å²) in [6.45, 7) is 1.85. The molecule has 1 amide bonds. The second-order valence-corrected chi connectivity index (χ2v) is 10.8. The lowest BCUT2D eigenvalue weighted by atomic mass is 9.96. The number of aromatic nitrogens is 1. The zero-order valence-corrected chi connectivity index (χ0v) is 22.9. The van der Waals surface area contributed by atoms with Gasteiger partial charge in [-0.1, -0.05) is 66.7 Å². The number of hydrogen-bond donors (Lipinski definition) is 2. The van der Waals surface area contributed by atoms with E-state index in [1.54, 1.807) is 24.3 Å². The first-order valence-corrected chi connectivity index (χ1v) is 13.9. The fourth-order valence-corrected chi connectivity index (χ4v) is 5.95. The summed E-state index contributed by atoms with van der Waals surface area (Å²) >= 11 is 1.32. The molecule has 0 fully saturated rings. The van der Waals surface area contributed by atoms with Crippen LogP contribution in [0, 0.1) is 5.82 Å². The van der Waals surface area contributed by atoms with Gasteiger partial charge in [-0.05, 0) is 87.9 Å². The molecule has 0 aliphatic carbocycles. The number of amides is 1. The molecule has 0 aliphatic heterocycles. The highest BCUT2D eigenvalue weighted by Gasteiger charge is 2.21. The first-order valence-electron chi connectivity index (χ1n) is 13.2. The zero-order chi connectivity index (χ0) is 28.5. The fraction of sp³-hybridized carbons (Fsp3) is 0.0882. The minimum absolute atomic E-state index is 0.180. The molecule has 6 rings (SSSR count). The average Bonchev–Trinajstić information content (AvgIpc) is 3.39. The third-order valence-electron chi connectivity index (χ3n) is 7.24. The average molecular weight is 561 g/mol. The summed E-state index contributed by atoms with van der Waals surface area (Å²) in [6.07, 6.45) is 0.552. The number of carboxylic acid groups (broad SMARTS) is 1. The number of nitrogens with zero attached hydrogens (tertiary/aromatic N) is 1. The van der Waals surface area contributed by atoms with Crippen molar-refractivity contribution in [3.05, 3.63) is 137 Å². The molecule has 5 nitrogen and oxygen atoms in total. The van der Waals surface area contributed by atoms with Crippen LogP contribution in [0.1, 0.15) is 50.5 Å². The Labute approximate surface area is 240 Å². The fourth-order valence-electron chi connectivity index (χ4n) is 5.08. The van der Waals surface area contributed by atoms with E-state index >= 15 is 0 Å². The number of fused-ring (bicyclic) bond motifs is 2. The van der Waals surface area contributed by atoms with Crippen LogP contribution in [0.3, 0.4) is 0 Å². The molecule has 7 heteroatoms. The van der Waals surface area contributed by atoms with Crippen LogP contribution in [0.15, 0.2) is 103 Å². The van der Waals surface area contributed by atoms with Gasteiger partial charge in [-0.3, -0.25) is 4.79 Å². The Morgan fingerprint density at radius 2 is 1.66 bits per heavy atom. The number of rotatable bonds is 7. The third-order valence-corrected chi connectivity index (χ3v) is 8.07. The van der Waals surface area contributed by atoms with Crippen LogP contribution in [0.25, 0.3) is 32.0 Å². The molecule has 202 valence electrons. The van der Waals surface area contributed by atoms with Crippen LogP contribution in [-0.2, 0) is 6.42 Å². The van der Waals surface area contributed by atoms with Gasteiger partial charge in [0.05, 0.1) is 27.6 Å². The first kappa shape index (κ1) is 26.3. The number of benzene rings is 5. The van der Waals surface area contributed by atoms with Crippen molar-refractivity contribution in [2.24, 2.45) is 0 Å². The maximum Gasteiger partial charge on any atom is 0.335 e. The van der Waals surface area contributed by atoms with Crippen molar-refractivity contribution in [3.63, 3.8) is 0 Å². The number of hydrogen-bond acceptors (Lipinski definition) is 4. The van der Waals surface area contributed by atoms with E-state index < -0.39 is 5.97 Å². The molecule has 6 aromatic rings. The van der Waals surface area contributed by atoms with Gasteiger partial charge in [-0.25, -0.2) is 9.18 Å². The molecule has 0 saturated heterocycles. The smallest absolute Gasteiger partial charge is 0.335 e. The zero-order valence-electron chi connectivity index (χ0n) is 22.1. The number of carbonyl (C=O) groups is 2. The highest BCUT2D eigenvalue weighted by Crippen LogP contribution is 2.34. The molecule has 0 bridgehead atoms. The van der Waals surface area contributed by atoms with Crippen molar-refractivity contribution in [2.75, 3.05) is 0 Å². The lowest BCUT2D eigenvalue weighted by molar-refractivity contribution is 0.0696. The van der Waals surface area contributed by atoms with E-state index in [9.17, 15) is 19.1 Å². The van der Waals surface area contributed by atoms with E-state index in [-0.39, 0.29) is 23.3 Å². The Morgan fingerprint density at radius 1 is 0.878 bits per heavy atom. The standard InChI is InChI=1S/C34H25FN2O3S/c1-20(22-11-13-24(14-12-22)34(39)40)36-33(38)29-18-27(26-7-4-8-28(35)17-26)19-31-32(29)30(37-41-31)16-21-9-10-23-5-2-3-6-25(23)15-21/h2-15,17-20H,16H2,1H3,(H,36,38)(H,39,40)/t20-/m0/s1. The van der Waals surface area contributed by atoms with Crippen molar-refractivity contribution >= 4 is 44.3 Å². The van der Waals surface area contributed by atoms with Crippen molar-refractivity contribution in [1.29, 1.82) is 0 Å². The minimum atomic E-state index is -1.01. The van der Waals surface area contributed by atoms with Crippen molar-refractivity contribution < 1.29 is 19.1 Å². The monoisotopic (exact) mass is 560 g/mol. The Kier molecular flexibility index (Phi) is 7.03. The normalized spacial score (nSPS) is 12.0. The van der Waals surface area contributed by atoms with Crippen LogP contribution in [0.5, 0.6) is 0 Å².